The van der Waals surface area contributed by atoms with Crippen molar-refractivity contribution >= 4 is 11.5 Å². The third kappa shape index (κ3) is 5.40. The maximum atomic E-state index is 13.2. The Balaban J connectivity index is 1.76. The highest BCUT2D eigenvalue weighted by Crippen LogP contribution is 2.45. The first kappa shape index (κ1) is 23.6. The Morgan fingerprint density at radius 1 is 0.903 bits per heavy atom. The smallest absolute Gasteiger partial charge is 0.137 e. The topological polar surface area (TPSA) is 20.3 Å². The van der Waals surface area contributed by atoms with E-state index in [9.17, 15) is 4.79 Å². The van der Waals surface area contributed by atoms with Crippen LogP contribution in [0.4, 0.5) is 5.69 Å². The normalized spacial score (nSPS) is 15.6. The molecule has 0 radical (unpaired) electrons. The quantitative estimate of drug-likeness (QED) is 0.422. The van der Waals surface area contributed by atoms with E-state index in [1.807, 2.05) is 0 Å². The Hall–Kier alpha value is -2.09. The van der Waals surface area contributed by atoms with Crippen LogP contribution in [0, 0.1) is 0 Å². The number of hydrogen-bond acceptors (Lipinski definition) is 2. The van der Waals surface area contributed by atoms with Crippen LogP contribution in [0.1, 0.15) is 100 Å². The summed E-state index contributed by atoms with van der Waals surface area (Å²) in [5, 5.41) is 0. The summed E-state index contributed by atoms with van der Waals surface area (Å²) in [6.07, 6.45) is 7.21. The van der Waals surface area contributed by atoms with Gasteiger partial charge < -0.3 is 4.90 Å². The van der Waals surface area contributed by atoms with Gasteiger partial charge in [0.05, 0.1) is 0 Å². The van der Waals surface area contributed by atoms with E-state index in [0.29, 0.717) is 30.5 Å². The molecule has 0 amide bonds. The fourth-order valence-corrected chi connectivity index (χ4v) is 5.42. The highest BCUT2D eigenvalue weighted by Gasteiger charge is 2.35. The van der Waals surface area contributed by atoms with Crippen LogP contribution in [0.25, 0.3) is 0 Å². The van der Waals surface area contributed by atoms with Crippen LogP contribution in [0.5, 0.6) is 0 Å². The van der Waals surface area contributed by atoms with Gasteiger partial charge in [0.15, 0.2) is 0 Å². The minimum Gasteiger partial charge on any atom is -0.378 e. The number of ketones is 1. The van der Waals surface area contributed by atoms with Gasteiger partial charge in [-0.1, -0.05) is 70.9 Å². The first-order valence-electron chi connectivity index (χ1n) is 12.1. The fourth-order valence-electron chi connectivity index (χ4n) is 5.42. The standard InChI is InChI=1S/C29H41NO/c1-21(2)26-10-9-11-27(22(3)4)28(26)20-25(31)16-19-29(17-7-8-18-29)23-12-14-24(15-13-23)30(5)6/h9-15,21-22H,7-8,16-20H2,1-6H3. The maximum absolute atomic E-state index is 13.2. The molecule has 0 bridgehead atoms. The monoisotopic (exact) mass is 419 g/mol. The third-order valence-corrected chi connectivity index (χ3v) is 7.31. The van der Waals surface area contributed by atoms with E-state index in [2.05, 4.69) is 89.2 Å². The molecule has 2 heteroatoms. The molecule has 0 N–H and O–H groups in total. The molecule has 0 spiro atoms. The predicted octanol–water partition coefficient (Wildman–Crippen LogP) is 7.40. The molecule has 1 aliphatic rings. The maximum Gasteiger partial charge on any atom is 0.137 e. The van der Waals surface area contributed by atoms with Crippen LogP contribution < -0.4 is 4.90 Å². The molecule has 168 valence electrons. The van der Waals surface area contributed by atoms with Gasteiger partial charge in [-0.3, -0.25) is 4.79 Å². The summed E-state index contributed by atoms with van der Waals surface area (Å²) in [7, 11) is 4.17. The zero-order chi connectivity index (χ0) is 22.6. The molecule has 1 fully saturated rings. The van der Waals surface area contributed by atoms with E-state index in [1.165, 1.54) is 53.6 Å². The molecule has 2 aromatic rings. The third-order valence-electron chi connectivity index (χ3n) is 7.31. The molecule has 0 heterocycles. The van der Waals surface area contributed by atoms with E-state index in [0.717, 1.165) is 6.42 Å². The SMILES string of the molecule is CC(C)c1cccc(C(C)C)c1CC(=O)CCC1(c2ccc(N(C)C)cc2)CCCC1. The molecule has 0 atom stereocenters. The Morgan fingerprint density at radius 2 is 1.45 bits per heavy atom. The molecule has 0 aromatic heterocycles. The van der Waals surface area contributed by atoms with Gasteiger partial charge in [-0.2, -0.15) is 0 Å². The first-order valence-corrected chi connectivity index (χ1v) is 12.1. The summed E-state index contributed by atoms with van der Waals surface area (Å²) in [5.41, 5.74) is 6.81. The molecule has 0 aliphatic heterocycles. The van der Waals surface area contributed by atoms with Crippen LogP contribution in [-0.4, -0.2) is 19.9 Å². The van der Waals surface area contributed by atoms with Gasteiger partial charge in [0.1, 0.15) is 5.78 Å². The van der Waals surface area contributed by atoms with Crippen molar-refractivity contribution in [3.63, 3.8) is 0 Å². The Labute approximate surface area is 190 Å². The minimum atomic E-state index is 0.180. The number of hydrogen-bond donors (Lipinski definition) is 0. The average Bonchev–Trinajstić information content (AvgIpc) is 3.22. The van der Waals surface area contributed by atoms with Crippen molar-refractivity contribution in [2.24, 2.45) is 0 Å². The Morgan fingerprint density at radius 3 is 1.94 bits per heavy atom. The minimum absolute atomic E-state index is 0.180. The molecule has 3 rings (SSSR count). The molecule has 0 saturated heterocycles. The van der Waals surface area contributed by atoms with Crippen molar-refractivity contribution in [1.82, 2.24) is 0 Å². The highest BCUT2D eigenvalue weighted by molar-refractivity contribution is 5.82. The van der Waals surface area contributed by atoms with Crippen molar-refractivity contribution in [2.45, 2.75) is 89.9 Å². The molecule has 0 unspecified atom stereocenters. The lowest BCUT2D eigenvalue weighted by Crippen LogP contribution is -2.24. The summed E-state index contributed by atoms with van der Waals surface area (Å²) in [6, 6.07) is 15.6. The second kappa shape index (κ2) is 10.0. The summed E-state index contributed by atoms with van der Waals surface area (Å²) < 4.78 is 0. The van der Waals surface area contributed by atoms with Crippen molar-refractivity contribution in [3.05, 3.63) is 64.7 Å². The molecule has 31 heavy (non-hydrogen) atoms. The Kier molecular flexibility index (Phi) is 7.62. The molecule has 1 saturated carbocycles. The zero-order valence-corrected chi connectivity index (χ0v) is 20.5. The second-order valence-corrected chi connectivity index (χ2v) is 10.4. The van der Waals surface area contributed by atoms with Gasteiger partial charge >= 0.3 is 0 Å². The molecular formula is C29H41NO. The molecule has 2 nitrogen and oxygen atoms in total. The van der Waals surface area contributed by atoms with Crippen molar-refractivity contribution in [1.29, 1.82) is 0 Å². The zero-order valence-electron chi connectivity index (χ0n) is 20.5. The molecular weight excluding hydrogens is 378 g/mol. The van der Waals surface area contributed by atoms with E-state index >= 15 is 0 Å². The van der Waals surface area contributed by atoms with Gasteiger partial charge in [-0.15, -0.1) is 0 Å². The highest BCUT2D eigenvalue weighted by atomic mass is 16.1. The lowest BCUT2D eigenvalue weighted by Gasteiger charge is -2.30. The van der Waals surface area contributed by atoms with Crippen molar-refractivity contribution in [2.75, 3.05) is 19.0 Å². The lowest BCUT2D eigenvalue weighted by molar-refractivity contribution is -0.118. The van der Waals surface area contributed by atoms with Crippen LogP contribution in [0.2, 0.25) is 0 Å². The van der Waals surface area contributed by atoms with E-state index in [1.54, 1.807) is 0 Å². The van der Waals surface area contributed by atoms with Crippen molar-refractivity contribution in [3.8, 4) is 0 Å². The average molecular weight is 420 g/mol. The van der Waals surface area contributed by atoms with Crippen LogP contribution in [0.15, 0.2) is 42.5 Å². The summed E-state index contributed by atoms with van der Waals surface area (Å²) in [5.74, 6) is 1.28. The number of Topliss-reactive ketones (excluding diaryl/α,β-unsaturated/α-hetero) is 1. The van der Waals surface area contributed by atoms with Gasteiger partial charge in [0, 0.05) is 32.6 Å². The summed E-state index contributed by atoms with van der Waals surface area (Å²) >= 11 is 0. The van der Waals surface area contributed by atoms with E-state index in [4.69, 9.17) is 0 Å². The van der Waals surface area contributed by atoms with Gasteiger partial charge in [0.25, 0.3) is 0 Å². The predicted molar refractivity (Wildman–Crippen MR) is 133 cm³/mol. The number of carbonyl (C=O) groups is 1. The second-order valence-electron chi connectivity index (χ2n) is 10.4. The molecule has 1 aliphatic carbocycles. The first-order chi connectivity index (χ1) is 14.7. The fraction of sp³-hybridized carbons (Fsp3) is 0.552. The number of nitrogens with zero attached hydrogens (tertiary/aromatic N) is 1. The van der Waals surface area contributed by atoms with Gasteiger partial charge in [0.2, 0.25) is 0 Å². The van der Waals surface area contributed by atoms with Crippen LogP contribution >= 0.6 is 0 Å². The number of benzene rings is 2. The van der Waals surface area contributed by atoms with E-state index < -0.39 is 0 Å². The largest absolute Gasteiger partial charge is 0.378 e. The van der Waals surface area contributed by atoms with E-state index in [-0.39, 0.29) is 5.41 Å². The summed E-state index contributed by atoms with van der Waals surface area (Å²) in [6.45, 7) is 8.94. The van der Waals surface area contributed by atoms with Gasteiger partial charge in [-0.25, -0.2) is 0 Å². The Bertz CT molecular complexity index is 844. The van der Waals surface area contributed by atoms with Crippen LogP contribution in [-0.2, 0) is 16.6 Å². The van der Waals surface area contributed by atoms with Crippen LogP contribution in [0.3, 0.4) is 0 Å². The number of anilines is 1. The van der Waals surface area contributed by atoms with Gasteiger partial charge in [-0.05, 0) is 70.9 Å². The van der Waals surface area contributed by atoms with Crippen molar-refractivity contribution < 1.29 is 4.79 Å². The number of rotatable bonds is 9. The summed E-state index contributed by atoms with van der Waals surface area (Å²) in [4.78, 5) is 15.4. The number of carbonyl (C=O) groups excluding carboxylic acids is 1. The lowest BCUT2D eigenvalue weighted by atomic mass is 9.74. The molecule has 2 aromatic carbocycles.